The van der Waals surface area contributed by atoms with Crippen LogP contribution in [0.2, 0.25) is 0 Å². The summed E-state index contributed by atoms with van der Waals surface area (Å²) in [7, 11) is 0. The van der Waals surface area contributed by atoms with Gasteiger partial charge in [0.2, 0.25) is 0 Å². The molecule has 128 valence electrons. The number of nitrogens with one attached hydrogen (secondary N) is 2. The van der Waals surface area contributed by atoms with E-state index in [0.717, 1.165) is 22.5 Å². The fourth-order valence-corrected chi connectivity index (χ4v) is 2.79. The zero-order valence-electron chi connectivity index (χ0n) is 14.0. The number of hydrogen-bond acceptors (Lipinski definition) is 3. The van der Waals surface area contributed by atoms with Crippen molar-refractivity contribution in [3.8, 4) is 11.3 Å². The van der Waals surface area contributed by atoms with Crippen LogP contribution in [0.3, 0.4) is 0 Å². The fraction of sp³-hybridized carbons (Fsp3) is 0.0500. The van der Waals surface area contributed by atoms with Crippen LogP contribution in [-0.2, 0) is 6.54 Å². The Labute approximate surface area is 150 Å². The number of rotatable bonds is 5. The van der Waals surface area contributed by atoms with Gasteiger partial charge in [-0.25, -0.2) is 0 Å². The number of pyridine rings is 1. The van der Waals surface area contributed by atoms with Gasteiger partial charge in [-0.2, -0.15) is 5.10 Å². The minimum atomic E-state index is -0.145. The minimum Gasteiger partial charge on any atom is -0.339 e. The molecule has 3 heterocycles. The van der Waals surface area contributed by atoms with Crippen molar-refractivity contribution < 1.29 is 4.79 Å². The number of hydrogen-bond donors (Lipinski definition) is 2. The van der Waals surface area contributed by atoms with Gasteiger partial charge in [-0.3, -0.25) is 14.9 Å². The predicted octanol–water partition coefficient (Wildman–Crippen LogP) is 3.57. The lowest BCUT2D eigenvalue weighted by molar-refractivity contribution is 0.101. The van der Waals surface area contributed by atoms with Gasteiger partial charge in [0.05, 0.1) is 5.69 Å². The van der Waals surface area contributed by atoms with Crippen molar-refractivity contribution in [3.63, 3.8) is 0 Å². The summed E-state index contributed by atoms with van der Waals surface area (Å²) in [5, 5.41) is 9.81. The van der Waals surface area contributed by atoms with E-state index in [1.165, 1.54) is 0 Å². The molecule has 6 nitrogen and oxygen atoms in total. The van der Waals surface area contributed by atoms with E-state index in [2.05, 4.69) is 20.5 Å². The topological polar surface area (TPSA) is 75.6 Å². The smallest absolute Gasteiger partial charge is 0.272 e. The summed E-state index contributed by atoms with van der Waals surface area (Å²) in [5.41, 5.74) is 4.34. The SMILES string of the molecule is O=C(Nc1ccc(-c2ccn[nH]2)cc1)c1cccn1Cc1cccnc1. The largest absolute Gasteiger partial charge is 0.339 e. The molecular formula is C20H17N5O. The summed E-state index contributed by atoms with van der Waals surface area (Å²) in [5.74, 6) is -0.145. The van der Waals surface area contributed by atoms with Crippen molar-refractivity contribution >= 4 is 11.6 Å². The second kappa shape index (κ2) is 7.06. The van der Waals surface area contributed by atoms with E-state index in [1.54, 1.807) is 18.6 Å². The number of aromatic amines is 1. The van der Waals surface area contributed by atoms with Crippen LogP contribution in [0.15, 0.2) is 79.4 Å². The second-order valence-electron chi connectivity index (χ2n) is 5.88. The number of carbonyl (C=O) groups is 1. The Morgan fingerprint density at radius 2 is 1.92 bits per heavy atom. The number of anilines is 1. The van der Waals surface area contributed by atoms with E-state index in [0.29, 0.717) is 12.2 Å². The Hall–Kier alpha value is -3.67. The number of benzene rings is 1. The van der Waals surface area contributed by atoms with Crippen LogP contribution in [0.4, 0.5) is 5.69 Å². The first-order valence-electron chi connectivity index (χ1n) is 8.25. The van der Waals surface area contributed by atoms with Gasteiger partial charge >= 0.3 is 0 Å². The number of carbonyl (C=O) groups excluding carboxylic acids is 1. The van der Waals surface area contributed by atoms with Crippen molar-refractivity contribution in [1.29, 1.82) is 0 Å². The highest BCUT2D eigenvalue weighted by Crippen LogP contribution is 2.19. The van der Waals surface area contributed by atoms with Crippen molar-refractivity contribution in [3.05, 3.63) is 90.6 Å². The Balaban J connectivity index is 1.48. The van der Waals surface area contributed by atoms with Gasteiger partial charge in [-0.15, -0.1) is 0 Å². The molecule has 0 saturated carbocycles. The van der Waals surface area contributed by atoms with E-state index < -0.39 is 0 Å². The molecule has 1 aromatic carbocycles. The Morgan fingerprint density at radius 1 is 1.04 bits per heavy atom. The molecule has 2 N–H and O–H groups in total. The van der Waals surface area contributed by atoms with Gasteiger partial charge < -0.3 is 9.88 Å². The molecule has 3 aromatic heterocycles. The number of aromatic nitrogens is 4. The normalized spacial score (nSPS) is 10.6. The summed E-state index contributed by atoms with van der Waals surface area (Å²) in [4.78, 5) is 16.8. The number of amides is 1. The molecule has 0 fully saturated rings. The lowest BCUT2D eigenvalue weighted by atomic mass is 10.1. The summed E-state index contributed by atoms with van der Waals surface area (Å²) in [6.07, 6.45) is 7.14. The van der Waals surface area contributed by atoms with Crippen LogP contribution in [0.1, 0.15) is 16.1 Å². The maximum Gasteiger partial charge on any atom is 0.272 e. The van der Waals surface area contributed by atoms with E-state index in [4.69, 9.17) is 0 Å². The van der Waals surface area contributed by atoms with Crippen LogP contribution in [0, 0.1) is 0 Å². The molecule has 1 amide bonds. The van der Waals surface area contributed by atoms with E-state index >= 15 is 0 Å². The van der Waals surface area contributed by atoms with Crippen LogP contribution in [-0.4, -0.2) is 25.7 Å². The van der Waals surface area contributed by atoms with Gasteiger partial charge in [0.1, 0.15) is 5.69 Å². The Bertz CT molecular complexity index is 988. The maximum atomic E-state index is 12.6. The van der Waals surface area contributed by atoms with Crippen molar-refractivity contribution in [2.75, 3.05) is 5.32 Å². The molecule has 0 bridgehead atoms. The lowest BCUT2D eigenvalue weighted by Crippen LogP contribution is -2.17. The molecule has 0 unspecified atom stereocenters. The number of nitrogens with zero attached hydrogens (tertiary/aromatic N) is 3. The highest BCUT2D eigenvalue weighted by atomic mass is 16.1. The van der Waals surface area contributed by atoms with Crippen LogP contribution < -0.4 is 5.32 Å². The van der Waals surface area contributed by atoms with E-state index in [9.17, 15) is 4.79 Å². The zero-order valence-corrected chi connectivity index (χ0v) is 14.0. The van der Waals surface area contributed by atoms with Gasteiger partial charge in [-0.05, 0) is 47.5 Å². The van der Waals surface area contributed by atoms with Crippen molar-refractivity contribution in [2.24, 2.45) is 0 Å². The molecule has 4 aromatic rings. The molecule has 0 saturated heterocycles. The molecule has 0 aliphatic heterocycles. The Kier molecular flexibility index (Phi) is 4.30. The molecule has 0 spiro atoms. The third-order valence-corrected chi connectivity index (χ3v) is 4.09. The van der Waals surface area contributed by atoms with Gasteiger partial charge in [0.15, 0.2) is 0 Å². The molecule has 26 heavy (non-hydrogen) atoms. The summed E-state index contributed by atoms with van der Waals surface area (Å²) >= 11 is 0. The zero-order chi connectivity index (χ0) is 17.8. The number of H-pyrrole nitrogens is 1. The highest BCUT2D eigenvalue weighted by molar-refractivity contribution is 6.03. The molecule has 0 aliphatic carbocycles. The van der Waals surface area contributed by atoms with E-state index in [1.807, 2.05) is 65.4 Å². The van der Waals surface area contributed by atoms with Gasteiger partial charge in [0.25, 0.3) is 5.91 Å². The lowest BCUT2D eigenvalue weighted by Gasteiger charge is -2.10. The first-order chi connectivity index (χ1) is 12.8. The quantitative estimate of drug-likeness (QED) is 0.582. The van der Waals surface area contributed by atoms with Gasteiger partial charge in [-0.1, -0.05) is 18.2 Å². The molecule has 0 aliphatic rings. The summed E-state index contributed by atoms with van der Waals surface area (Å²) in [6.45, 7) is 0.600. The monoisotopic (exact) mass is 343 g/mol. The Morgan fingerprint density at radius 3 is 2.65 bits per heavy atom. The average Bonchev–Trinajstić information content (AvgIpc) is 3.35. The summed E-state index contributed by atoms with van der Waals surface area (Å²) in [6, 6.07) is 17.1. The first-order valence-corrected chi connectivity index (χ1v) is 8.25. The average molecular weight is 343 g/mol. The molecular weight excluding hydrogens is 326 g/mol. The molecule has 0 radical (unpaired) electrons. The third-order valence-electron chi connectivity index (χ3n) is 4.09. The fourth-order valence-electron chi connectivity index (χ4n) is 2.79. The highest BCUT2D eigenvalue weighted by Gasteiger charge is 2.11. The summed E-state index contributed by atoms with van der Waals surface area (Å²) < 4.78 is 1.91. The van der Waals surface area contributed by atoms with Crippen molar-refractivity contribution in [2.45, 2.75) is 6.54 Å². The van der Waals surface area contributed by atoms with Crippen LogP contribution in [0.25, 0.3) is 11.3 Å². The maximum absolute atomic E-state index is 12.6. The third kappa shape index (κ3) is 3.39. The predicted molar refractivity (Wildman–Crippen MR) is 99.7 cm³/mol. The van der Waals surface area contributed by atoms with E-state index in [-0.39, 0.29) is 5.91 Å². The molecule has 6 heteroatoms. The molecule has 4 rings (SSSR count). The van der Waals surface area contributed by atoms with Crippen LogP contribution in [0.5, 0.6) is 0 Å². The molecule has 0 atom stereocenters. The first kappa shape index (κ1) is 15.8. The van der Waals surface area contributed by atoms with Crippen LogP contribution >= 0.6 is 0 Å². The van der Waals surface area contributed by atoms with Crippen molar-refractivity contribution in [1.82, 2.24) is 19.7 Å². The minimum absolute atomic E-state index is 0.145. The standard InChI is InChI=1S/C20H17N5O/c26-20(19-4-2-12-25(19)14-15-3-1-10-21-13-15)23-17-7-5-16(6-8-17)18-9-11-22-24-18/h1-13H,14H2,(H,22,24)(H,23,26). The van der Waals surface area contributed by atoms with Gasteiger partial charge in [0, 0.05) is 37.0 Å². The second-order valence-corrected chi connectivity index (χ2v) is 5.88.